The maximum absolute atomic E-state index is 12.2. The van der Waals surface area contributed by atoms with Gasteiger partial charge in [-0.15, -0.1) is 0 Å². The summed E-state index contributed by atoms with van der Waals surface area (Å²) in [6.07, 6.45) is 2.29. The van der Waals surface area contributed by atoms with Gasteiger partial charge in [-0.1, -0.05) is 11.6 Å². The topological polar surface area (TPSA) is 47.4 Å². The molecule has 0 atom stereocenters. The lowest BCUT2D eigenvalue weighted by molar-refractivity contribution is 0.0223. The summed E-state index contributed by atoms with van der Waals surface area (Å²) >= 11 is 5.94. The molecule has 2 heterocycles. The number of halogens is 1. The fourth-order valence-electron chi connectivity index (χ4n) is 2.62. The van der Waals surface area contributed by atoms with E-state index in [4.69, 9.17) is 16.3 Å². The van der Waals surface area contributed by atoms with Crippen LogP contribution in [0.25, 0.3) is 5.69 Å². The zero-order valence-corrected chi connectivity index (χ0v) is 14.3. The molecule has 0 fully saturated rings. The molecule has 1 amide bonds. The van der Waals surface area contributed by atoms with E-state index in [0.717, 1.165) is 23.4 Å². The summed E-state index contributed by atoms with van der Waals surface area (Å²) in [5, 5.41) is 5.16. The molecule has 0 unspecified atom stereocenters. The third-order valence-corrected chi connectivity index (χ3v) is 3.91. The Balaban J connectivity index is 1.79. The van der Waals surface area contributed by atoms with Gasteiger partial charge in [0.25, 0.3) is 0 Å². The van der Waals surface area contributed by atoms with E-state index in [1.165, 1.54) is 0 Å². The standard InChI is InChI=1S/C17H20ClN3O2/c1-17(2,3)23-16(22)20-9-8-15-12(11-20)10-19-21(15)14-6-4-13(18)5-7-14/h4-7,10H,8-9,11H2,1-3H3. The molecule has 122 valence electrons. The maximum Gasteiger partial charge on any atom is 0.410 e. The number of hydrogen-bond donors (Lipinski definition) is 0. The van der Waals surface area contributed by atoms with Gasteiger partial charge >= 0.3 is 6.09 Å². The normalized spacial score (nSPS) is 14.5. The van der Waals surface area contributed by atoms with Crippen molar-refractivity contribution in [2.75, 3.05) is 6.54 Å². The van der Waals surface area contributed by atoms with Crippen molar-refractivity contribution < 1.29 is 9.53 Å². The van der Waals surface area contributed by atoms with Crippen LogP contribution in [0.1, 0.15) is 32.0 Å². The second-order valence-electron chi connectivity index (χ2n) is 6.66. The first kappa shape index (κ1) is 15.9. The fourth-order valence-corrected chi connectivity index (χ4v) is 2.74. The van der Waals surface area contributed by atoms with E-state index in [9.17, 15) is 4.79 Å². The van der Waals surface area contributed by atoms with Crippen molar-refractivity contribution in [2.24, 2.45) is 0 Å². The van der Waals surface area contributed by atoms with Gasteiger partial charge in [-0.3, -0.25) is 0 Å². The van der Waals surface area contributed by atoms with Gasteiger partial charge in [0.1, 0.15) is 5.60 Å². The van der Waals surface area contributed by atoms with Crippen LogP contribution in [0.15, 0.2) is 30.5 Å². The molecule has 1 aliphatic rings. The Bertz CT molecular complexity index is 716. The highest BCUT2D eigenvalue weighted by Gasteiger charge is 2.27. The summed E-state index contributed by atoms with van der Waals surface area (Å²) in [4.78, 5) is 13.9. The summed E-state index contributed by atoms with van der Waals surface area (Å²) in [5.74, 6) is 0. The van der Waals surface area contributed by atoms with Gasteiger partial charge in [0.15, 0.2) is 0 Å². The number of fused-ring (bicyclic) bond motifs is 1. The Kier molecular flexibility index (Phi) is 4.06. The van der Waals surface area contributed by atoms with E-state index in [-0.39, 0.29) is 6.09 Å². The minimum absolute atomic E-state index is 0.276. The van der Waals surface area contributed by atoms with Crippen molar-refractivity contribution in [3.05, 3.63) is 46.7 Å². The molecular formula is C17H20ClN3O2. The third kappa shape index (κ3) is 3.50. The van der Waals surface area contributed by atoms with Gasteiger partial charge < -0.3 is 9.64 Å². The predicted molar refractivity (Wildman–Crippen MR) is 88.9 cm³/mol. The van der Waals surface area contributed by atoms with Crippen LogP contribution in [0.2, 0.25) is 5.02 Å². The number of rotatable bonds is 1. The second kappa shape index (κ2) is 5.89. The summed E-state index contributed by atoms with van der Waals surface area (Å²) in [7, 11) is 0. The van der Waals surface area contributed by atoms with Crippen LogP contribution in [0.4, 0.5) is 4.79 Å². The maximum atomic E-state index is 12.2. The quantitative estimate of drug-likeness (QED) is 0.797. The smallest absolute Gasteiger partial charge is 0.410 e. The predicted octanol–water partition coefficient (Wildman–Crippen LogP) is 3.82. The first-order chi connectivity index (χ1) is 10.8. The zero-order valence-electron chi connectivity index (χ0n) is 13.5. The van der Waals surface area contributed by atoms with Gasteiger partial charge in [0, 0.05) is 23.6 Å². The minimum atomic E-state index is -0.481. The number of carbonyl (C=O) groups is 1. The second-order valence-corrected chi connectivity index (χ2v) is 7.09. The molecule has 0 radical (unpaired) electrons. The minimum Gasteiger partial charge on any atom is -0.444 e. The summed E-state index contributed by atoms with van der Waals surface area (Å²) in [6, 6.07) is 7.58. The van der Waals surface area contributed by atoms with E-state index in [0.29, 0.717) is 18.1 Å². The number of hydrogen-bond acceptors (Lipinski definition) is 3. The van der Waals surface area contributed by atoms with Crippen molar-refractivity contribution in [3.63, 3.8) is 0 Å². The molecule has 23 heavy (non-hydrogen) atoms. The molecule has 1 aliphatic heterocycles. The highest BCUT2D eigenvalue weighted by atomic mass is 35.5. The van der Waals surface area contributed by atoms with Gasteiger partial charge in [-0.05, 0) is 45.0 Å². The van der Waals surface area contributed by atoms with Crippen LogP contribution in [0.5, 0.6) is 0 Å². The summed E-state index contributed by atoms with van der Waals surface area (Å²) < 4.78 is 7.36. The van der Waals surface area contributed by atoms with Crippen LogP contribution in [0.3, 0.4) is 0 Å². The molecule has 6 heteroatoms. The highest BCUT2D eigenvalue weighted by Crippen LogP contribution is 2.24. The fraction of sp³-hybridized carbons (Fsp3) is 0.412. The molecule has 0 bridgehead atoms. The lowest BCUT2D eigenvalue weighted by Gasteiger charge is -2.30. The number of benzene rings is 1. The molecule has 3 rings (SSSR count). The first-order valence-corrected chi connectivity index (χ1v) is 8.01. The van der Waals surface area contributed by atoms with Gasteiger partial charge in [-0.2, -0.15) is 5.10 Å². The Morgan fingerprint density at radius 1 is 1.26 bits per heavy atom. The molecule has 1 aromatic carbocycles. The molecule has 2 aromatic rings. The lowest BCUT2D eigenvalue weighted by atomic mass is 10.1. The van der Waals surface area contributed by atoms with E-state index >= 15 is 0 Å². The number of carbonyl (C=O) groups excluding carboxylic acids is 1. The van der Waals surface area contributed by atoms with E-state index in [2.05, 4.69) is 5.10 Å². The van der Waals surface area contributed by atoms with Crippen molar-refractivity contribution in [1.82, 2.24) is 14.7 Å². The summed E-state index contributed by atoms with van der Waals surface area (Å²) in [6.45, 7) is 6.77. The van der Waals surface area contributed by atoms with Crippen molar-refractivity contribution in [3.8, 4) is 5.69 Å². The molecule has 0 saturated carbocycles. The molecule has 0 saturated heterocycles. The molecule has 0 aliphatic carbocycles. The van der Waals surface area contributed by atoms with E-state index < -0.39 is 5.60 Å². The Morgan fingerprint density at radius 2 is 1.96 bits per heavy atom. The van der Waals surface area contributed by atoms with Crippen LogP contribution >= 0.6 is 11.6 Å². The van der Waals surface area contributed by atoms with E-state index in [1.807, 2.05) is 55.9 Å². The number of ether oxygens (including phenoxy) is 1. The SMILES string of the molecule is CC(C)(C)OC(=O)N1CCc2c(cnn2-c2ccc(Cl)cc2)C1. The van der Waals surface area contributed by atoms with Crippen molar-refractivity contribution in [1.29, 1.82) is 0 Å². The van der Waals surface area contributed by atoms with Gasteiger partial charge in [0.05, 0.1) is 24.1 Å². The number of aromatic nitrogens is 2. The Hall–Kier alpha value is -2.01. The number of amides is 1. The Labute approximate surface area is 140 Å². The summed E-state index contributed by atoms with van der Waals surface area (Å²) in [5.41, 5.74) is 2.68. The van der Waals surface area contributed by atoms with Crippen LogP contribution < -0.4 is 0 Å². The third-order valence-electron chi connectivity index (χ3n) is 3.66. The monoisotopic (exact) mass is 333 g/mol. The zero-order chi connectivity index (χ0) is 16.6. The molecule has 5 nitrogen and oxygen atoms in total. The van der Waals surface area contributed by atoms with Crippen LogP contribution in [-0.4, -0.2) is 32.9 Å². The van der Waals surface area contributed by atoms with Gasteiger partial charge in [-0.25, -0.2) is 9.48 Å². The Morgan fingerprint density at radius 3 is 2.61 bits per heavy atom. The molecule has 0 spiro atoms. The van der Waals surface area contributed by atoms with Crippen LogP contribution in [0, 0.1) is 0 Å². The first-order valence-electron chi connectivity index (χ1n) is 7.63. The van der Waals surface area contributed by atoms with Crippen molar-refractivity contribution in [2.45, 2.75) is 39.3 Å². The highest BCUT2D eigenvalue weighted by molar-refractivity contribution is 6.30. The van der Waals surface area contributed by atoms with Crippen molar-refractivity contribution >= 4 is 17.7 Å². The van der Waals surface area contributed by atoms with E-state index in [1.54, 1.807) is 4.90 Å². The largest absolute Gasteiger partial charge is 0.444 e. The molecular weight excluding hydrogens is 314 g/mol. The average Bonchev–Trinajstić information content (AvgIpc) is 2.89. The van der Waals surface area contributed by atoms with Gasteiger partial charge in [0.2, 0.25) is 0 Å². The molecule has 1 aromatic heterocycles. The lowest BCUT2D eigenvalue weighted by Crippen LogP contribution is -2.40. The van der Waals surface area contributed by atoms with Crippen LogP contribution in [-0.2, 0) is 17.7 Å². The number of nitrogens with zero attached hydrogens (tertiary/aromatic N) is 3. The average molecular weight is 334 g/mol. The molecule has 0 N–H and O–H groups in total.